The van der Waals surface area contributed by atoms with Crippen molar-refractivity contribution < 1.29 is 9.85 Å². The van der Waals surface area contributed by atoms with Crippen LogP contribution >= 0.6 is 0 Å². The number of hydrogen-bond donors (Lipinski definition) is 1. The van der Waals surface area contributed by atoms with E-state index in [0.29, 0.717) is 12.0 Å². The molecule has 7 heteroatoms. The highest BCUT2D eigenvalue weighted by atomic mass is 16.6. The standard InChI is InChI=1S/C11H13N3O4/c12-11(4-1-5-11)7-8-2-3-9(13(15)16)6-10(8)14(17)18/h2-3,6H,1,4-5,7,12H2. The van der Waals surface area contributed by atoms with Crippen molar-refractivity contribution in [1.82, 2.24) is 0 Å². The summed E-state index contributed by atoms with van der Waals surface area (Å²) in [4.78, 5) is 20.3. The average molecular weight is 251 g/mol. The zero-order valence-corrected chi connectivity index (χ0v) is 9.67. The molecule has 0 radical (unpaired) electrons. The first-order valence-electron chi connectivity index (χ1n) is 5.62. The van der Waals surface area contributed by atoms with E-state index in [4.69, 9.17) is 5.73 Å². The lowest BCUT2D eigenvalue weighted by atomic mass is 9.73. The summed E-state index contributed by atoms with van der Waals surface area (Å²) in [6, 6.07) is 3.71. The van der Waals surface area contributed by atoms with Gasteiger partial charge in [0.2, 0.25) is 0 Å². The number of benzene rings is 1. The summed E-state index contributed by atoms with van der Waals surface area (Å²) in [7, 11) is 0. The number of nitro benzene ring substituents is 2. The van der Waals surface area contributed by atoms with E-state index in [0.717, 1.165) is 25.3 Å². The molecule has 0 amide bonds. The van der Waals surface area contributed by atoms with E-state index >= 15 is 0 Å². The Morgan fingerprint density at radius 3 is 2.33 bits per heavy atom. The Labute approximate surface area is 103 Å². The summed E-state index contributed by atoms with van der Waals surface area (Å²) < 4.78 is 0. The Morgan fingerprint density at radius 2 is 1.89 bits per heavy atom. The Hall–Kier alpha value is -2.02. The summed E-state index contributed by atoms with van der Waals surface area (Å²) in [5.74, 6) is 0. The Morgan fingerprint density at radius 1 is 1.22 bits per heavy atom. The van der Waals surface area contributed by atoms with Gasteiger partial charge in [-0.05, 0) is 31.7 Å². The Balaban J connectivity index is 2.34. The lowest BCUT2D eigenvalue weighted by Crippen LogP contribution is -2.48. The fraction of sp³-hybridized carbons (Fsp3) is 0.455. The monoisotopic (exact) mass is 251 g/mol. The second-order valence-electron chi connectivity index (χ2n) is 4.72. The molecule has 0 atom stereocenters. The average Bonchev–Trinajstić information content (AvgIpc) is 2.26. The van der Waals surface area contributed by atoms with Crippen LogP contribution < -0.4 is 5.73 Å². The van der Waals surface area contributed by atoms with E-state index in [2.05, 4.69) is 0 Å². The summed E-state index contributed by atoms with van der Waals surface area (Å²) >= 11 is 0. The number of nitro groups is 2. The van der Waals surface area contributed by atoms with Crippen LogP contribution in [0.5, 0.6) is 0 Å². The fourth-order valence-electron chi connectivity index (χ4n) is 2.17. The largest absolute Gasteiger partial charge is 0.325 e. The SMILES string of the molecule is NC1(Cc2ccc([N+](=O)[O-])cc2[N+](=O)[O-])CCC1. The summed E-state index contributed by atoms with van der Waals surface area (Å²) in [6.45, 7) is 0. The highest BCUT2D eigenvalue weighted by molar-refractivity contribution is 5.49. The fourth-order valence-corrected chi connectivity index (χ4v) is 2.17. The van der Waals surface area contributed by atoms with Crippen molar-refractivity contribution in [2.45, 2.75) is 31.2 Å². The van der Waals surface area contributed by atoms with E-state index in [-0.39, 0.29) is 16.9 Å². The van der Waals surface area contributed by atoms with Crippen LogP contribution in [-0.4, -0.2) is 15.4 Å². The van der Waals surface area contributed by atoms with E-state index < -0.39 is 9.85 Å². The van der Waals surface area contributed by atoms with Gasteiger partial charge in [0.05, 0.1) is 15.9 Å². The third-order valence-corrected chi connectivity index (χ3v) is 3.37. The highest BCUT2D eigenvalue weighted by Gasteiger charge is 2.35. The van der Waals surface area contributed by atoms with E-state index in [1.807, 2.05) is 0 Å². The molecule has 0 heterocycles. The van der Waals surface area contributed by atoms with Crippen LogP contribution in [0, 0.1) is 20.2 Å². The summed E-state index contributed by atoms with van der Waals surface area (Å²) in [6.07, 6.45) is 3.08. The van der Waals surface area contributed by atoms with Gasteiger partial charge in [-0.1, -0.05) is 0 Å². The molecule has 0 aromatic heterocycles. The van der Waals surface area contributed by atoms with E-state index in [1.54, 1.807) is 0 Å². The van der Waals surface area contributed by atoms with Gasteiger partial charge in [-0.2, -0.15) is 0 Å². The van der Waals surface area contributed by atoms with Crippen LogP contribution in [0.15, 0.2) is 18.2 Å². The van der Waals surface area contributed by atoms with Crippen LogP contribution in [-0.2, 0) is 6.42 Å². The zero-order chi connectivity index (χ0) is 13.3. The molecule has 2 N–H and O–H groups in total. The molecule has 0 unspecified atom stereocenters. The molecule has 1 aromatic carbocycles. The van der Waals surface area contributed by atoms with Crippen molar-refractivity contribution in [3.8, 4) is 0 Å². The lowest BCUT2D eigenvalue weighted by molar-refractivity contribution is -0.394. The van der Waals surface area contributed by atoms with Crippen molar-refractivity contribution in [2.24, 2.45) is 5.73 Å². The van der Waals surface area contributed by atoms with Gasteiger partial charge in [0, 0.05) is 17.2 Å². The van der Waals surface area contributed by atoms with Crippen molar-refractivity contribution in [1.29, 1.82) is 0 Å². The minimum absolute atomic E-state index is 0.221. The molecule has 0 bridgehead atoms. The highest BCUT2D eigenvalue weighted by Crippen LogP contribution is 2.35. The third kappa shape index (κ3) is 2.30. The molecule has 1 aliphatic rings. The molecule has 1 saturated carbocycles. The molecule has 96 valence electrons. The first kappa shape index (κ1) is 12.4. The van der Waals surface area contributed by atoms with E-state index in [1.165, 1.54) is 12.1 Å². The molecule has 0 saturated heterocycles. The minimum Gasteiger partial charge on any atom is -0.325 e. The van der Waals surface area contributed by atoms with Gasteiger partial charge in [0.15, 0.2) is 0 Å². The Bertz CT molecular complexity index is 511. The first-order chi connectivity index (χ1) is 8.41. The molecule has 0 spiro atoms. The number of non-ortho nitro benzene ring substituents is 1. The van der Waals surface area contributed by atoms with Crippen LogP contribution in [0.2, 0.25) is 0 Å². The van der Waals surface area contributed by atoms with Gasteiger partial charge in [0.25, 0.3) is 11.4 Å². The van der Waals surface area contributed by atoms with Gasteiger partial charge in [-0.15, -0.1) is 0 Å². The minimum atomic E-state index is -0.641. The summed E-state index contributed by atoms with van der Waals surface area (Å²) in [5, 5.41) is 21.5. The maximum Gasteiger partial charge on any atom is 0.279 e. The second-order valence-corrected chi connectivity index (χ2v) is 4.72. The van der Waals surface area contributed by atoms with Crippen molar-refractivity contribution in [3.63, 3.8) is 0 Å². The molecule has 1 aromatic rings. The third-order valence-electron chi connectivity index (χ3n) is 3.37. The molecule has 2 rings (SSSR count). The molecule has 7 nitrogen and oxygen atoms in total. The molecule has 18 heavy (non-hydrogen) atoms. The zero-order valence-electron chi connectivity index (χ0n) is 9.67. The predicted octanol–water partition coefficient (Wildman–Crippen LogP) is 1.93. The molecule has 1 aliphatic carbocycles. The second kappa shape index (κ2) is 4.34. The quantitative estimate of drug-likeness (QED) is 0.648. The van der Waals surface area contributed by atoms with Crippen molar-refractivity contribution in [3.05, 3.63) is 44.0 Å². The predicted molar refractivity (Wildman–Crippen MR) is 64.2 cm³/mol. The maximum absolute atomic E-state index is 10.9. The van der Waals surface area contributed by atoms with Gasteiger partial charge in [-0.25, -0.2) is 0 Å². The van der Waals surface area contributed by atoms with Crippen LogP contribution in [0.4, 0.5) is 11.4 Å². The first-order valence-corrected chi connectivity index (χ1v) is 5.62. The van der Waals surface area contributed by atoms with Gasteiger partial charge < -0.3 is 5.73 Å². The number of nitrogens with zero attached hydrogens (tertiary/aromatic N) is 2. The number of nitrogens with two attached hydrogens (primary N) is 1. The van der Waals surface area contributed by atoms with Crippen molar-refractivity contribution in [2.75, 3.05) is 0 Å². The molecular formula is C11H13N3O4. The van der Waals surface area contributed by atoms with Gasteiger partial charge in [-0.3, -0.25) is 20.2 Å². The van der Waals surface area contributed by atoms with Crippen LogP contribution in [0.3, 0.4) is 0 Å². The molecule has 1 fully saturated rings. The molecule has 0 aliphatic heterocycles. The van der Waals surface area contributed by atoms with Crippen molar-refractivity contribution >= 4 is 11.4 Å². The number of hydrogen-bond acceptors (Lipinski definition) is 5. The van der Waals surface area contributed by atoms with E-state index in [9.17, 15) is 20.2 Å². The Kier molecular flexibility index (Phi) is 3.00. The van der Waals surface area contributed by atoms with Gasteiger partial charge in [0.1, 0.15) is 0 Å². The van der Waals surface area contributed by atoms with Crippen LogP contribution in [0.1, 0.15) is 24.8 Å². The van der Waals surface area contributed by atoms with Crippen LogP contribution in [0.25, 0.3) is 0 Å². The number of rotatable bonds is 4. The summed E-state index contributed by atoms with van der Waals surface area (Å²) in [5.41, 5.74) is 5.63. The van der Waals surface area contributed by atoms with Gasteiger partial charge >= 0.3 is 0 Å². The molecular weight excluding hydrogens is 238 g/mol. The maximum atomic E-state index is 10.9. The topological polar surface area (TPSA) is 112 Å². The smallest absolute Gasteiger partial charge is 0.279 e. The lowest BCUT2D eigenvalue weighted by Gasteiger charge is -2.38. The normalized spacial score (nSPS) is 16.9.